The maximum Gasteiger partial charge on any atom is 0.120 e. The molecule has 0 saturated carbocycles. The summed E-state index contributed by atoms with van der Waals surface area (Å²) in [5.41, 5.74) is 4.57. The second kappa shape index (κ2) is 5.12. The van der Waals surface area contributed by atoms with Gasteiger partial charge >= 0.3 is 0 Å². The van der Waals surface area contributed by atoms with Crippen LogP contribution in [0.15, 0.2) is 24.3 Å². The first-order chi connectivity index (χ1) is 8.61. The molecule has 0 saturated heterocycles. The molecule has 0 fully saturated rings. The van der Waals surface area contributed by atoms with Gasteiger partial charge in [-0.25, -0.2) is 0 Å². The summed E-state index contributed by atoms with van der Waals surface area (Å²) in [6.07, 6.45) is 0. The normalized spacial score (nSPS) is 10.4. The molecule has 0 aliphatic carbocycles. The van der Waals surface area contributed by atoms with Crippen LogP contribution in [0.25, 0.3) is 0 Å². The predicted molar refractivity (Wildman–Crippen MR) is 73.0 cm³/mol. The fourth-order valence-corrected chi connectivity index (χ4v) is 2.00. The Morgan fingerprint density at radius 3 is 2.72 bits per heavy atom. The Balaban J connectivity index is 2.11. The molecule has 4 heteroatoms. The van der Waals surface area contributed by atoms with Gasteiger partial charge in [-0.1, -0.05) is 6.07 Å². The minimum atomic E-state index is 0.776. The zero-order valence-corrected chi connectivity index (χ0v) is 11.3. The second-order valence-corrected chi connectivity index (χ2v) is 4.36. The van der Waals surface area contributed by atoms with Crippen molar-refractivity contribution < 1.29 is 4.74 Å². The largest absolute Gasteiger partial charge is 0.497 e. The van der Waals surface area contributed by atoms with Gasteiger partial charge in [-0.05, 0) is 26.0 Å². The zero-order valence-electron chi connectivity index (χ0n) is 11.3. The lowest BCUT2D eigenvalue weighted by molar-refractivity contribution is 0.415. The van der Waals surface area contributed by atoms with Gasteiger partial charge in [0.25, 0.3) is 0 Å². The number of hydrogen-bond acceptors (Lipinski definition) is 3. The third-order valence-corrected chi connectivity index (χ3v) is 3.20. The highest BCUT2D eigenvalue weighted by Gasteiger charge is 2.08. The van der Waals surface area contributed by atoms with Gasteiger partial charge in [-0.15, -0.1) is 0 Å². The van der Waals surface area contributed by atoms with Gasteiger partial charge in [0.1, 0.15) is 5.75 Å². The first-order valence-electron chi connectivity index (χ1n) is 5.99. The van der Waals surface area contributed by atoms with Crippen molar-refractivity contribution in [3.8, 4) is 5.75 Å². The van der Waals surface area contributed by atoms with Gasteiger partial charge in [0.15, 0.2) is 0 Å². The van der Waals surface area contributed by atoms with Gasteiger partial charge in [0.2, 0.25) is 0 Å². The number of benzene rings is 1. The summed E-state index contributed by atoms with van der Waals surface area (Å²) in [7, 11) is 3.64. The number of aryl methyl sites for hydroxylation is 2. The van der Waals surface area contributed by atoms with Crippen molar-refractivity contribution in [1.29, 1.82) is 0 Å². The van der Waals surface area contributed by atoms with E-state index in [2.05, 4.69) is 17.3 Å². The summed E-state index contributed by atoms with van der Waals surface area (Å²) in [5, 5.41) is 7.81. The van der Waals surface area contributed by atoms with Crippen molar-refractivity contribution in [2.75, 3.05) is 12.4 Å². The van der Waals surface area contributed by atoms with Gasteiger partial charge in [0, 0.05) is 36.6 Å². The molecule has 0 aliphatic heterocycles. The molecule has 2 rings (SSSR count). The number of nitrogens with zero attached hydrogens (tertiary/aromatic N) is 2. The highest BCUT2D eigenvalue weighted by atomic mass is 16.5. The molecule has 1 aromatic carbocycles. The molecule has 96 valence electrons. The maximum atomic E-state index is 5.20. The first-order valence-corrected chi connectivity index (χ1v) is 5.99. The summed E-state index contributed by atoms with van der Waals surface area (Å²) in [4.78, 5) is 0. The van der Waals surface area contributed by atoms with Crippen LogP contribution in [0.3, 0.4) is 0 Å². The van der Waals surface area contributed by atoms with Crippen LogP contribution in [0, 0.1) is 13.8 Å². The topological polar surface area (TPSA) is 39.1 Å². The smallest absolute Gasteiger partial charge is 0.120 e. The van der Waals surface area contributed by atoms with E-state index in [0.717, 1.165) is 23.7 Å². The Kier molecular flexibility index (Phi) is 3.55. The number of nitrogens with one attached hydrogen (secondary N) is 1. The molecule has 0 spiro atoms. The molecule has 1 aromatic heterocycles. The Labute approximate surface area is 108 Å². The lowest BCUT2D eigenvalue weighted by Crippen LogP contribution is -2.02. The summed E-state index contributed by atoms with van der Waals surface area (Å²) >= 11 is 0. The summed E-state index contributed by atoms with van der Waals surface area (Å²) < 4.78 is 7.12. The fraction of sp³-hybridized carbons (Fsp3) is 0.357. The molecule has 2 aromatic rings. The molecular weight excluding hydrogens is 226 g/mol. The molecule has 0 bridgehead atoms. The van der Waals surface area contributed by atoms with Crippen molar-refractivity contribution >= 4 is 5.69 Å². The van der Waals surface area contributed by atoms with E-state index >= 15 is 0 Å². The highest BCUT2D eigenvalue weighted by molar-refractivity contribution is 5.48. The lowest BCUT2D eigenvalue weighted by Gasteiger charge is -2.08. The Bertz CT molecular complexity index is 546. The molecule has 0 radical (unpaired) electrons. The Morgan fingerprint density at radius 1 is 1.33 bits per heavy atom. The van der Waals surface area contributed by atoms with Crippen molar-refractivity contribution in [2.45, 2.75) is 20.4 Å². The number of aromatic nitrogens is 2. The Morgan fingerprint density at radius 2 is 2.11 bits per heavy atom. The highest BCUT2D eigenvalue weighted by Crippen LogP contribution is 2.19. The molecule has 0 amide bonds. The monoisotopic (exact) mass is 245 g/mol. The first kappa shape index (κ1) is 12.5. The van der Waals surface area contributed by atoms with E-state index in [1.54, 1.807) is 7.11 Å². The van der Waals surface area contributed by atoms with Crippen LogP contribution in [0.2, 0.25) is 0 Å². The van der Waals surface area contributed by atoms with E-state index in [0.29, 0.717) is 0 Å². The molecule has 4 nitrogen and oxygen atoms in total. The van der Waals surface area contributed by atoms with E-state index in [1.165, 1.54) is 11.3 Å². The molecule has 1 heterocycles. The molecule has 0 atom stereocenters. The van der Waals surface area contributed by atoms with Crippen LogP contribution in [0.4, 0.5) is 5.69 Å². The van der Waals surface area contributed by atoms with Gasteiger partial charge < -0.3 is 10.1 Å². The molecule has 0 aliphatic rings. The average molecular weight is 245 g/mol. The second-order valence-electron chi connectivity index (χ2n) is 4.36. The van der Waals surface area contributed by atoms with Gasteiger partial charge in [0.05, 0.1) is 12.8 Å². The van der Waals surface area contributed by atoms with Crippen LogP contribution in [0.1, 0.15) is 17.0 Å². The standard InChI is InChI=1S/C14H19N3O/c1-10-14(11(2)17(3)16-10)9-15-12-6-5-7-13(8-12)18-4/h5-8,15H,9H2,1-4H3. The lowest BCUT2D eigenvalue weighted by atomic mass is 10.2. The van der Waals surface area contributed by atoms with Crippen LogP contribution >= 0.6 is 0 Å². The number of rotatable bonds is 4. The van der Waals surface area contributed by atoms with Gasteiger partial charge in [-0.2, -0.15) is 5.10 Å². The van der Waals surface area contributed by atoms with E-state index in [-0.39, 0.29) is 0 Å². The third-order valence-electron chi connectivity index (χ3n) is 3.20. The summed E-state index contributed by atoms with van der Waals surface area (Å²) in [6.45, 7) is 4.90. The average Bonchev–Trinajstić information content (AvgIpc) is 2.61. The Hall–Kier alpha value is -1.97. The number of anilines is 1. The molecule has 0 unspecified atom stereocenters. The van der Waals surface area contributed by atoms with E-state index in [4.69, 9.17) is 4.74 Å². The summed E-state index contributed by atoms with van der Waals surface area (Å²) in [5.74, 6) is 0.861. The fourth-order valence-electron chi connectivity index (χ4n) is 2.00. The van der Waals surface area contributed by atoms with Gasteiger partial charge in [-0.3, -0.25) is 4.68 Å². The SMILES string of the molecule is COc1cccc(NCc2c(C)nn(C)c2C)c1. The van der Waals surface area contributed by atoms with Crippen LogP contribution in [-0.2, 0) is 13.6 Å². The van der Waals surface area contributed by atoms with E-state index < -0.39 is 0 Å². The van der Waals surface area contributed by atoms with E-state index in [9.17, 15) is 0 Å². The third kappa shape index (κ3) is 2.47. The van der Waals surface area contributed by atoms with Crippen molar-refractivity contribution in [2.24, 2.45) is 7.05 Å². The quantitative estimate of drug-likeness (QED) is 0.900. The zero-order chi connectivity index (χ0) is 13.1. The molecule has 18 heavy (non-hydrogen) atoms. The number of hydrogen-bond donors (Lipinski definition) is 1. The summed E-state index contributed by atoms with van der Waals surface area (Å²) in [6, 6.07) is 7.93. The van der Waals surface area contributed by atoms with Crippen LogP contribution in [-0.4, -0.2) is 16.9 Å². The van der Waals surface area contributed by atoms with Crippen LogP contribution < -0.4 is 10.1 Å². The van der Waals surface area contributed by atoms with Crippen molar-refractivity contribution in [1.82, 2.24) is 9.78 Å². The minimum absolute atomic E-state index is 0.776. The van der Waals surface area contributed by atoms with Crippen molar-refractivity contribution in [3.63, 3.8) is 0 Å². The predicted octanol–water partition coefficient (Wildman–Crippen LogP) is 2.66. The van der Waals surface area contributed by atoms with Crippen LogP contribution in [0.5, 0.6) is 5.75 Å². The molecule has 1 N–H and O–H groups in total. The minimum Gasteiger partial charge on any atom is -0.497 e. The van der Waals surface area contributed by atoms with Crippen molar-refractivity contribution in [3.05, 3.63) is 41.2 Å². The number of methoxy groups -OCH3 is 1. The molecular formula is C14H19N3O. The number of ether oxygens (including phenoxy) is 1. The maximum absolute atomic E-state index is 5.20. The van der Waals surface area contributed by atoms with E-state index in [1.807, 2.05) is 42.9 Å².